The number of nitrogens with two attached hydrogens (primary N) is 1. The lowest BCUT2D eigenvalue weighted by Gasteiger charge is -2.20. The van der Waals surface area contributed by atoms with Crippen LogP contribution in [0.3, 0.4) is 0 Å². The highest BCUT2D eigenvalue weighted by molar-refractivity contribution is 5.79. The molecule has 1 amide bonds. The van der Waals surface area contributed by atoms with Crippen molar-refractivity contribution in [2.75, 3.05) is 6.61 Å². The van der Waals surface area contributed by atoms with Crippen molar-refractivity contribution in [3.05, 3.63) is 59.7 Å². The van der Waals surface area contributed by atoms with Gasteiger partial charge in [-0.1, -0.05) is 44.2 Å². The van der Waals surface area contributed by atoms with Crippen LogP contribution in [0.25, 0.3) is 0 Å². The van der Waals surface area contributed by atoms with Gasteiger partial charge in [0.25, 0.3) is 0 Å². The molecule has 2 rings (SSSR count). The third kappa shape index (κ3) is 6.20. The van der Waals surface area contributed by atoms with Crippen LogP contribution in [0.4, 0.5) is 8.78 Å². The van der Waals surface area contributed by atoms with E-state index in [2.05, 4.69) is 10.1 Å². The molecule has 0 bridgehead atoms. The lowest BCUT2D eigenvalue weighted by molar-refractivity contribution is -0.125. The summed E-state index contributed by atoms with van der Waals surface area (Å²) in [6.07, 6.45) is 0.794. The third-order valence-corrected chi connectivity index (χ3v) is 4.32. The van der Waals surface area contributed by atoms with Crippen LogP contribution in [0.1, 0.15) is 37.4 Å². The number of ether oxygens (including phenoxy) is 2. The maximum Gasteiger partial charge on any atom is 0.387 e. The number of hydrogen-bond acceptors (Lipinski definition) is 4. The molecule has 0 saturated carbocycles. The average Bonchev–Trinajstić information content (AvgIpc) is 2.70. The molecule has 0 aromatic heterocycles. The second-order valence-electron chi connectivity index (χ2n) is 6.44. The summed E-state index contributed by atoms with van der Waals surface area (Å²) in [4.78, 5) is 12.5. The van der Waals surface area contributed by atoms with Crippen molar-refractivity contribution in [1.29, 1.82) is 0 Å². The van der Waals surface area contributed by atoms with E-state index in [0.717, 1.165) is 12.0 Å². The molecule has 2 aromatic carbocycles. The standard InChI is InChI=1S/C21H26F2N2O3/c1-3-11-27-17-10-9-16(18(12-17)28-21(22)23)13-25-20(26)14(2)19(24)15-7-5-4-6-8-15/h4-10,12,14,19,21H,3,11,13,24H2,1-2H3,(H,25,26). The van der Waals surface area contributed by atoms with Crippen LogP contribution in [0, 0.1) is 5.92 Å². The first-order valence-electron chi connectivity index (χ1n) is 9.21. The maximum atomic E-state index is 12.7. The fourth-order valence-corrected chi connectivity index (χ4v) is 2.67. The van der Waals surface area contributed by atoms with Gasteiger partial charge in [0.15, 0.2) is 0 Å². The molecule has 2 aromatic rings. The zero-order valence-electron chi connectivity index (χ0n) is 16.0. The molecule has 0 saturated heterocycles. The molecular weight excluding hydrogens is 366 g/mol. The van der Waals surface area contributed by atoms with Crippen molar-refractivity contribution in [2.24, 2.45) is 11.7 Å². The SMILES string of the molecule is CCCOc1ccc(CNC(=O)C(C)C(N)c2ccccc2)c(OC(F)F)c1. The molecule has 5 nitrogen and oxygen atoms in total. The number of amides is 1. The first kappa shape index (κ1) is 21.6. The van der Waals surface area contributed by atoms with Gasteiger partial charge in [-0.15, -0.1) is 0 Å². The zero-order chi connectivity index (χ0) is 20.5. The lowest BCUT2D eigenvalue weighted by Crippen LogP contribution is -2.35. The van der Waals surface area contributed by atoms with Gasteiger partial charge in [0.2, 0.25) is 5.91 Å². The smallest absolute Gasteiger partial charge is 0.387 e. The quantitative estimate of drug-likeness (QED) is 0.640. The molecular formula is C21H26F2N2O3. The van der Waals surface area contributed by atoms with Gasteiger partial charge in [-0.3, -0.25) is 4.79 Å². The highest BCUT2D eigenvalue weighted by Crippen LogP contribution is 2.27. The Hall–Kier alpha value is -2.67. The highest BCUT2D eigenvalue weighted by atomic mass is 19.3. The Morgan fingerprint density at radius 2 is 1.89 bits per heavy atom. The third-order valence-electron chi connectivity index (χ3n) is 4.32. The number of nitrogens with one attached hydrogen (secondary N) is 1. The molecule has 0 aliphatic rings. The maximum absolute atomic E-state index is 12.7. The Labute approximate surface area is 163 Å². The van der Waals surface area contributed by atoms with Gasteiger partial charge in [-0.2, -0.15) is 8.78 Å². The molecule has 0 aliphatic carbocycles. The number of hydrogen-bond donors (Lipinski definition) is 2. The summed E-state index contributed by atoms with van der Waals surface area (Å²) >= 11 is 0. The topological polar surface area (TPSA) is 73.6 Å². The summed E-state index contributed by atoms with van der Waals surface area (Å²) in [6, 6.07) is 13.5. The summed E-state index contributed by atoms with van der Waals surface area (Å²) in [5.41, 5.74) is 7.45. The number of rotatable bonds is 10. The van der Waals surface area contributed by atoms with Gasteiger partial charge in [0.05, 0.1) is 12.5 Å². The average molecular weight is 392 g/mol. The van der Waals surface area contributed by atoms with Gasteiger partial charge >= 0.3 is 6.61 Å². The Kier molecular flexibility index (Phi) is 8.19. The monoisotopic (exact) mass is 392 g/mol. The minimum Gasteiger partial charge on any atom is -0.493 e. The minimum absolute atomic E-state index is 0.0242. The van der Waals surface area contributed by atoms with Gasteiger partial charge in [-0.25, -0.2) is 0 Å². The van der Waals surface area contributed by atoms with Crippen molar-refractivity contribution in [3.8, 4) is 11.5 Å². The summed E-state index contributed by atoms with van der Waals surface area (Å²) in [5.74, 6) is -0.351. The minimum atomic E-state index is -2.97. The van der Waals surface area contributed by atoms with Crippen molar-refractivity contribution in [1.82, 2.24) is 5.32 Å². The van der Waals surface area contributed by atoms with Crippen molar-refractivity contribution < 1.29 is 23.0 Å². The van der Waals surface area contributed by atoms with Crippen LogP contribution in [0.2, 0.25) is 0 Å². The number of carbonyl (C=O) groups is 1. The second-order valence-corrected chi connectivity index (χ2v) is 6.44. The van der Waals surface area contributed by atoms with E-state index >= 15 is 0 Å². The fraction of sp³-hybridized carbons (Fsp3) is 0.381. The largest absolute Gasteiger partial charge is 0.493 e. The van der Waals surface area contributed by atoms with Crippen molar-refractivity contribution >= 4 is 5.91 Å². The number of carbonyl (C=O) groups excluding carboxylic acids is 1. The fourth-order valence-electron chi connectivity index (χ4n) is 2.67. The van der Waals surface area contributed by atoms with Crippen LogP contribution < -0.4 is 20.5 Å². The molecule has 0 heterocycles. The molecule has 0 fully saturated rings. The van der Waals surface area contributed by atoms with Crippen LogP contribution in [0.15, 0.2) is 48.5 Å². The van der Waals surface area contributed by atoms with E-state index in [1.54, 1.807) is 19.1 Å². The predicted octanol–water partition coefficient (Wildman–Crippen LogP) is 4.03. The number of halogens is 2. The molecule has 2 unspecified atom stereocenters. The number of alkyl halides is 2. The van der Waals surface area contributed by atoms with E-state index < -0.39 is 18.6 Å². The molecule has 0 radical (unpaired) electrons. The molecule has 0 spiro atoms. The summed E-state index contributed by atoms with van der Waals surface area (Å²) in [6.45, 7) is 1.22. The molecule has 3 N–H and O–H groups in total. The summed E-state index contributed by atoms with van der Waals surface area (Å²) in [5, 5.41) is 2.74. The van der Waals surface area contributed by atoms with Crippen LogP contribution in [-0.2, 0) is 11.3 Å². The Morgan fingerprint density at radius 1 is 1.18 bits per heavy atom. The molecule has 152 valence electrons. The molecule has 28 heavy (non-hydrogen) atoms. The normalized spacial score (nSPS) is 13.1. The predicted molar refractivity (Wildman–Crippen MR) is 103 cm³/mol. The summed E-state index contributed by atoms with van der Waals surface area (Å²) < 4.78 is 35.5. The van der Waals surface area contributed by atoms with Crippen LogP contribution >= 0.6 is 0 Å². The molecule has 7 heteroatoms. The van der Waals surface area contributed by atoms with Gasteiger partial charge in [0.1, 0.15) is 11.5 Å². The van der Waals surface area contributed by atoms with E-state index in [-0.39, 0.29) is 18.2 Å². The molecule has 2 atom stereocenters. The van der Waals surface area contributed by atoms with Gasteiger partial charge in [-0.05, 0) is 24.1 Å². The molecule has 0 aliphatic heterocycles. The first-order valence-corrected chi connectivity index (χ1v) is 9.21. The van der Waals surface area contributed by atoms with Crippen LogP contribution in [-0.4, -0.2) is 19.1 Å². The van der Waals surface area contributed by atoms with E-state index in [1.165, 1.54) is 6.07 Å². The van der Waals surface area contributed by atoms with Gasteiger partial charge in [0, 0.05) is 24.2 Å². The van der Waals surface area contributed by atoms with E-state index in [9.17, 15) is 13.6 Å². The Morgan fingerprint density at radius 3 is 2.54 bits per heavy atom. The Bertz CT molecular complexity index is 757. The van der Waals surface area contributed by atoms with Crippen molar-refractivity contribution in [2.45, 2.75) is 39.5 Å². The van der Waals surface area contributed by atoms with E-state index in [1.807, 2.05) is 37.3 Å². The highest BCUT2D eigenvalue weighted by Gasteiger charge is 2.22. The number of benzene rings is 2. The van der Waals surface area contributed by atoms with Gasteiger partial charge < -0.3 is 20.5 Å². The van der Waals surface area contributed by atoms with Crippen molar-refractivity contribution in [3.63, 3.8) is 0 Å². The van der Waals surface area contributed by atoms with E-state index in [0.29, 0.717) is 17.9 Å². The first-order chi connectivity index (χ1) is 13.4. The zero-order valence-corrected chi connectivity index (χ0v) is 16.0. The van der Waals surface area contributed by atoms with E-state index in [4.69, 9.17) is 10.5 Å². The summed E-state index contributed by atoms with van der Waals surface area (Å²) in [7, 11) is 0. The second kappa shape index (κ2) is 10.6. The Balaban J connectivity index is 2.04. The van der Waals surface area contributed by atoms with Crippen LogP contribution in [0.5, 0.6) is 11.5 Å². The lowest BCUT2D eigenvalue weighted by atomic mass is 9.94.